The second kappa shape index (κ2) is 7.78. The van der Waals surface area contributed by atoms with Gasteiger partial charge in [0.05, 0.1) is 12.6 Å². The van der Waals surface area contributed by atoms with Crippen LogP contribution in [0, 0.1) is 5.82 Å². The van der Waals surface area contributed by atoms with E-state index in [4.69, 9.17) is 4.74 Å². The second-order valence-electron chi connectivity index (χ2n) is 7.38. The molecule has 0 radical (unpaired) electrons. The molecule has 1 fully saturated rings. The first-order chi connectivity index (χ1) is 14.4. The normalized spacial score (nSPS) is 22.9. The van der Waals surface area contributed by atoms with Crippen LogP contribution >= 0.6 is 0 Å². The molecule has 1 saturated heterocycles. The molecule has 30 heavy (non-hydrogen) atoms. The molecule has 2 aliphatic rings. The van der Waals surface area contributed by atoms with Gasteiger partial charge in [-0.1, -0.05) is 37.3 Å². The smallest absolute Gasteiger partial charge is 0.325 e. The first-order valence-corrected chi connectivity index (χ1v) is 9.86. The lowest BCUT2D eigenvalue weighted by Gasteiger charge is -2.27. The Morgan fingerprint density at radius 3 is 2.70 bits per heavy atom. The van der Waals surface area contributed by atoms with E-state index < -0.39 is 35.7 Å². The quantitative estimate of drug-likeness (QED) is 0.741. The van der Waals surface area contributed by atoms with Crippen LogP contribution in [0.1, 0.15) is 36.9 Å². The zero-order valence-electron chi connectivity index (χ0n) is 16.5. The fourth-order valence-electron chi connectivity index (χ4n) is 4.02. The number of nitrogens with zero attached hydrogens (tertiary/aromatic N) is 1. The number of carbonyl (C=O) groups is 3. The van der Waals surface area contributed by atoms with Gasteiger partial charge in [0, 0.05) is 12.0 Å². The van der Waals surface area contributed by atoms with E-state index in [2.05, 4.69) is 10.6 Å². The van der Waals surface area contributed by atoms with Gasteiger partial charge in [-0.3, -0.25) is 14.5 Å². The number of urea groups is 1. The molecule has 2 atom stereocenters. The summed E-state index contributed by atoms with van der Waals surface area (Å²) in [5, 5.41) is 5.59. The van der Waals surface area contributed by atoms with Gasteiger partial charge in [0.25, 0.3) is 5.91 Å². The summed E-state index contributed by atoms with van der Waals surface area (Å²) < 4.78 is 18.9. The summed E-state index contributed by atoms with van der Waals surface area (Å²) >= 11 is 0. The lowest BCUT2D eigenvalue weighted by Crippen LogP contribution is -2.45. The molecule has 0 bridgehead atoms. The van der Waals surface area contributed by atoms with Gasteiger partial charge in [0.2, 0.25) is 5.91 Å². The van der Waals surface area contributed by atoms with Crippen molar-refractivity contribution in [3.8, 4) is 5.75 Å². The van der Waals surface area contributed by atoms with E-state index in [9.17, 15) is 18.8 Å². The maximum absolute atomic E-state index is 13.3. The van der Waals surface area contributed by atoms with Crippen molar-refractivity contribution in [3.05, 3.63) is 65.5 Å². The molecule has 2 unspecified atom stereocenters. The Labute approximate surface area is 173 Å². The molecule has 0 aliphatic carbocycles. The van der Waals surface area contributed by atoms with Crippen LogP contribution in [0.3, 0.4) is 0 Å². The van der Waals surface area contributed by atoms with Gasteiger partial charge in [-0.15, -0.1) is 0 Å². The summed E-state index contributed by atoms with van der Waals surface area (Å²) in [4.78, 5) is 39.3. The minimum atomic E-state index is -1.31. The van der Waals surface area contributed by atoms with Crippen molar-refractivity contribution >= 4 is 17.8 Å². The van der Waals surface area contributed by atoms with Crippen LogP contribution in [0.15, 0.2) is 48.5 Å². The number of rotatable bonds is 5. The van der Waals surface area contributed by atoms with Gasteiger partial charge >= 0.3 is 6.03 Å². The highest BCUT2D eigenvalue weighted by Crippen LogP contribution is 2.33. The van der Waals surface area contributed by atoms with Crippen molar-refractivity contribution in [3.63, 3.8) is 0 Å². The summed E-state index contributed by atoms with van der Waals surface area (Å²) in [5.41, 5.74) is 0.0330. The summed E-state index contributed by atoms with van der Waals surface area (Å²) in [5.74, 6) is -0.685. The van der Waals surface area contributed by atoms with Gasteiger partial charge in [0.1, 0.15) is 23.7 Å². The molecule has 2 aliphatic heterocycles. The zero-order valence-corrected chi connectivity index (χ0v) is 16.5. The predicted molar refractivity (Wildman–Crippen MR) is 106 cm³/mol. The summed E-state index contributed by atoms with van der Waals surface area (Å²) in [6.07, 6.45) is 0.867. The molecular weight excluding hydrogens is 389 g/mol. The number of hydrogen-bond donors (Lipinski definition) is 2. The molecule has 0 spiro atoms. The number of nitrogens with one attached hydrogen (secondary N) is 2. The van der Waals surface area contributed by atoms with Crippen molar-refractivity contribution in [2.75, 3.05) is 13.2 Å². The maximum Gasteiger partial charge on any atom is 0.325 e. The number of imide groups is 1. The van der Waals surface area contributed by atoms with E-state index in [1.807, 2.05) is 24.3 Å². The minimum Gasteiger partial charge on any atom is -0.493 e. The average Bonchev–Trinajstić information content (AvgIpc) is 2.99. The summed E-state index contributed by atoms with van der Waals surface area (Å²) in [6.45, 7) is 1.83. The zero-order chi connectivity index (χ0) is 21.3. The SMILES string of the molecule is CCC1(c2ccc(F)cc2)NC(=O)N(CC(=O)NC2CCOc3ccccc32)C1=O. The Kier molecular flexibility index (Phi) is 5.15. The van der Waals surface area contributed by atoms with Crippen LogP contribution in [0.2, 0.25) is 0 Å². The highest BCUT2D eigenvalue weighted by atomic mass is 19.1. The van der Waals surface area contributed by atoms with E-state index in [1.54, 1.807) is 6.92 Å². The number of hydrogen-bond acceptors (Lipinski definition) is 4. The van der Waals surface area contributed by atoms with Gasteiger partial charge in [-0.2, -0.15) is 0 Å². The Morgan fingerprint density at radius 1 is 1.23 bits per heavy atom. The van der Waals surface area contributed by atoms with Crippen LogP contribution in [-0.2, 0) is 15.1 Å². The third kappa shape index (κ3) is 3.38. The molecular formula is C22H22FN3O4. The highest BCUT2D eigenvalue weighted by Gasteiger charge is 2.51. The van der Waals surface area contributed by atoms with Crippen LogP contribution in [0.25, 0.3) is 0 Å². The minimum absolute atomic E-state index is 0.253. The first-order valence-electron chi connectivity index (χ1n) is 9.86. The molecule has 2 aromatic carbocycles. The largest absolute Gasteiger partial charge is 0.493 e. The van der Waals surface area contributed by atoms with E-state index >= 15 is 0 Å². The van der Waals surface area contributed by atoms with Crippen molar-refractivity contribution in [2.45, 2.75) is 31.3 Å². The standard InChI is InChI=1S/C22H22FN3O4/c1-2-22(14-7-9-15(23)10-8-14)20(28)26(21(29)25-22)13-19(27)24-17-11-12-30-18-6-4-3-5-16(17)18/h3-10,17H,2,11-13H2,1H3,(H,24,27)(H,25,29). The van der Waals surface area contributed by atoms with E-state index in [-0.39, 0.29) is 12.5 Å². The lowest BCUT2D eigenvalue weighted by molar-refractivity contribution is -0.135. The lowest BCUT2D eigenvalue weighted by atomic mass is 9.87. The number of carbonyl (C=O) groups excluding carboxylic acids is 3. The molecule has 2 N–H and O–H groups in total. The number of para-hydroxylation sites is 1. The number of benzene rings is 2. The van der Waals surface area contributed by atoms with Crippen molar-refractivity contribution < 1.29 is 23.5 Å². The van der Waals surface area contributed by atoms with Gasteiger partial charge < -0.3 is 15.4 Å². The van der Waals surface area contributed by atoms with Crippen LogP contribution in [-0.4, -0.2) is 35.9 Å². The second-order valence-corrected chi connectivity index (χ2v) is 7.38. The number of fused-ring (bicyclic) bond motifs is 1. The fourth-order valence-corrected chi connectivity index (χ4v) is 4.02. The van der Waals surface area contributed by atoms with Crippen molar-refractivity contribution in [1.29, 1.82) is 0 Å². The van der Waals surface area contributed by atoms with Crippen molar-refractivity contribution in [2.24, 2.45) is 0 Å². The molecule has 2 heterocycles. The maximum atomic E-state index is 13.3. The third-order valence-corrected chi connectivity index (χ3v) is 5.64. The first kappa shape index (κ1) is 19.9. The summed E-state index contributed by atoms with van der Waals surface area (Å²) in [6, 6.07) is 12.0. The molecule has 0 aromatic heterocycles. The van der Waals surface area contributed by atoms with Crippen LogP contribution < -0.4 is 15.4 Å². The number of halogens is 1. The van der Waals surface area contributed by atoms with Crippen LogP contribution in [0.5, 0.6) is 5.75 Å². The fraction of sp³-hybridized carbons (Fsp3) is 0.318. The average molecular weight is 411 g/mol. The third-order valence-electron chi connectivity index (χ3n) is 5.64. The molecule has 4 amide bonds. The Balaban J connectivity index is 1.50. The number of amides is 4. The van der Waals surface area contributed by atoms with Crippen molar-refractivity contribution in [1.82, 2.24) is 15.5 Å². The number of ether oxygens (including phenoxy) is 1. The Hall–Kier alpha value is -3.42. The van der Waals surface area contributed by atoms with E-state index in [0.717, 1.165) is 10.5 Å². The molecule has 156 valence electrons. The van der Waals surface area contributed by atoms with Gasteiger partial charge in [0.15, 0.2) is 0 Å². The van der Waals surface area contributed by atoms with Gasteiger partial charge in [-0.25, -0.2) is 9.18 Å². The molecule has 8 heteroatoms. The Bertz CT molecular complexity index is 994. The Morgan fingerprint density at radius 2 is 1.97 bits per heavy atom. The molecule has 2 aromatic rings. The van der Waals surface area contributed by atoms with E-state index in [0.29, 0.717) is 24.3 Å². The predicted octanol–water partition coefficient (Wildman–Crippen LogP) is 2.62. The highest BCUT2D eigenvalue weighted by molar-refractivity contribution is 6.09. The van der Waals surface area contributed by atoms with E-state index in [1.165, 1.54) is 24.3 Å². The van der Waals surface area contributed by atoms with Crippen LogP contribution in [0.4, 0.5) is 9.18 Å². The summed E-state index contributed by atoms with van der Waals surface area (Å²) in [7, 11) is 0. The topological polar surface area (TPSA) is 87.7 Å². The molecule has 7 nitrogen and oxygen atoms in total. The monoisotopic (exact) mass is 411 g/mol. The molecule has 4 rings (SSSR count). The van der Waals surface area contributed by atoms with Gasteiger partial charge in [-0.05, 0) is 30.2 Å². The molecule has 0 saturated carbocycles.